The maximum atomic E-state index is 9.77. The van der Waals surface area contributed by atoms with Crippen molar-refractivity contribution < 1.29 is 4.74 Å². The van der Waals surface area contributed by atoms with E-state index >= 15 is 0 Å². The molecule has 0 N–H and O–H groups in total. The van der Waals surface area contributed by atoms with Crippen molar-refractivity contribution in [2.24, 2.45) is 0 Å². The largest absolute Gasteiger partial charge is 0.437 e. The lowest BCUT2D eigenvalue weighted by atomic mass is 10.1. The van der Waals surface area contributed by atoms with Crippen LogP contribution in [-0.4, -0.2) is 18.1 Å². The fourth-order valence-corrected chi connectivity index (χ4v) is 3.20. The Balaban J connectivity index is 2.56. The van der Waals surface area contributed by atoms with Crippen LogP contribution in [0.1, 0.15) is 48.2 Å². The fourth-order valence-electron chi connectivity index (χ4n) is 3.20. The second kappa shape index (κ2) is 8.02. The maximum Gasteiger partial charge on any atom is 0.239 e. The molecule has 0 aliphatic rings. The number of rotatable bonds is 6. The first kappa shape index (κ1) is 18.8. The maximum absolute atomic E-state index is 9.77. The van der Waals surface area contributed by atoms with Gasteiger partial charge in [-0.3, -0.25) is 0 Å². The highest BCUT2D eigenvalue weighted by Crippen LogP contribution is 2.34. The van der Waals surface area contributed by atoms with Crippen LogP contribution in [0.25, 0.3) is 0 Å². The van der Waals surface area contributed by atoms with Gasteiger partial charge in [0.1, 0.15) is 17.4 Å². The molecule has 0 saturated carbocycles. The van der Waals surface area contributed by atoms with Gasteiger partial charge < -0.3 is 9.64 Å². The number of nitrogens with zero attached hydrogens (tertiary/aromatic N) is 3. The van der Waals surface area contributed by atoms with E-state index in [0.717, 1.165) is 47.8 Å². The number of pyridine rings is 1. The minimum Gasteiger partial charge on any atom is -0.437 e. The topological polar surface area (TPSA) is 49.2 Å². The van der Waals surface area contributed by atoms with Gasteiger partial charge in [0.05, 0.1) is 5.69 Å². The van der Waals surface area contributed by atoms with Gasteiger partial charge in [-0.1, -0.05) is 24.6 Å². The second-order valence-corrected chi connectivity index (χ2v) is 6.48. The first-order valence-electron chi connectivity index (χ1n) is 8.83. The molecule has 0 amide bonds. The summed E-state index contributed by atoms with van der Waals surface area (Å²) in [6.45, 7) is 14.0. The van der Waals surface area contributed by atoms with E-state index in [-0.39, 0.29) is 0 Å². The van der Waals surface area contributed by atoms with Crippen LogP contribution in [0, 0.1) is 39.0 Å². The lowest BCUT2D eigenvalue weighted by Gasteiger charge is -2.25. The predicted molar refractivity (Wildman–Crippen MR) is 103 cm³/mol. The molecule has 0 atom stereocenters. The van der Waals surface area contributed by atoms with Crippen LogP contribution in [0.15, 0.2) is 18.2 Å². The molecule has 4 heteroatoms. The van der Waals surface area contributed by atoms with E-state index in [9.17, 15) is 5.26 Å². The van der Waals surface area contributed by atoms with Crippen molar-refractivity contribution in [2.45, 2.75) is 48.0 Å². The number of anilines is 1. The highest BCUT2D eigenvalue weighted by molar-refractivity contribution is 5.64. The van der Waals surface area contributed by atoms with Gasteiger partial charge in [-0.25, -0.2) is 4.98 Å². The van der Waals surface area contributed by atoms with Crippen molar-refractivity contribution in [3.63, 3.8) is 0 Å². The second-order valence-electron chi connectivity index (χ2n) is 6.48. The van der Waals surface area contributed by atoms with Crippen molar-refractivity contribution in [1.29, 1.82) is 5.26 Å². The van der Waals surface area contributed by atoms with Crippen molar-refractivity contribution in [1.82, 2.24) is 4.98 Å². The molecule has 0 bridgehead atoms. The molecular formula is C21H27N3O. The zero-order valence-electron chi connectivity index (χ0n) is 16.1. The summed E-state index contributed by atoms with van der Waals surface area (Å²) in [6, 6.07) is 8.45. The zero-order chi connectivity index (χ0) is 18.6. The van der Waals surface area contributed by atoms with Gasteiger partial charge in [0.2, 0.25) is 5.88 Å². The lowest BCUT2D eigenvalue weighted by Crippen LogP contribution is -2.24. The number of aryl methyl sites for hydroxylation is 4. The van der Waals surface area contributed by atoms with Crippen molar-refractivity contribution >= 4 is 5.69 Å². The van der Waals surface area contributed by atoms with Crippen LogP contribution >= 0.6 is 0 Å². The summed E-state index contributed by atoms with van der Waals surface area (Å²) < 4.78 is 6.15. The molecule has 0 unspecified atom stereocenters. The Morgan fingerprint density at radius 2 is 1.72 bits per heavy atom. The molecule has 25 heavy (non-hydrogen) atoms. The smallest absolute Gasteiger partial charge is 0.239 e. The Kier molecular flexibility index (Phi) is 6.03. The Labute approximate surface area is 151 Å². The molecule has 1 aromatic heterocycles. The van der Waals surface area contributed by atoms with E-state index < -0.39 is 0 Å². The van der Waals surface area contributed by atoms with E-state index in [4.69, 9.17) is 4.74 Å². The minimum atomic E-state index is 0.391. The van der Waals surface area contributed by atoms with Crippen LogP contribution in [0.5, 0.6) is 11.6 Å². The zero-order valence-corrected chi connectivity index (χ0v) is 16.1. The van der Waals surface area contributed by atoms with E-state index in [2.05, 4.69) is 48.9 Å². The molecule has 0 saturated heterocycles. The molecule has 1 aromatic carbocycles. The molecule has 2 aromatic rings. The van der Waals surface area contributed by atoms with Gasteiger partial charge in [-0.15, -0.1) is 0 Å². The summed E-state index contributed by atoms with van der Waals surface area (Å²) in [5.41, 5.74) is 5.54. The third-order valence-electron chi connectivity index (χ3n) is 4.22. The number of hydrogen-bond acceptors (Lipinski definition) is 4. The SMILES string of the molecule is CCCN(CC)c1cc(C)nc(Oc2c(C)cc(C)cc2C)c1C#N. The van der Waals surface area contributed by atoms with Crippen molar-refractivity contribution in [3.05, 3.63) is 46.1 Å². The molecule has 2 rings (SSSR count). The number of ether oxygens (including phenoxy) is 1. The quantitative estimate of drug-likeness (QED) is 0.725. The summed E-state index contributed by atoms with van der Waals surface area (Å²) in [4.78, 5) is 6.71. The summed E-state index contributed by atoms with van der Waals surface area (Å²) in [5.74, 6) is 1.17. The van der Waals surface area contributed by atoms with Gasteiger partial charge >= 0.3 is 0 Å². The van der Waals surface area contributed by atoms with Gasteiger partial charge in [0.15, 0.2) is 0 Å². The van der Waals surface area contributed by atoms with Crippen LogP contribution in [0.2, 0.25) is 0 Å². The normalized spacial score (nSPS) is 10.4. The van der Waals surface area contributed by atoms with E-state index in [0.29, 0.717) is 11.4 Å². The molecule has 0 radical (unpaired) electrons. The Morgan fingerprint density at radius 3 is 2.24 bits per heavy atom. The average molecular weight is 337 g/mol. The minimum absolute atomic E-state index is 0.391. The first-order chi connectivity index (χ1) is 11.9. The molecule has 1 heterocycles. The van der Waals surface area contributed by atoms with Gasteiger partial charge in [0, 0.05) is 18.8 Å². The lowest BCUT2D eigenvalue weighted by molar-refractivity contribution is 0.453. The molecular weight excluding hydrogens is 310 g/mol. The van der Waals surface area contributed by atoms with Crippen LogP contribution in [0.4, 0.5) is 5.69 Å². The number of benzene rings is 1. The Morgan fingerprint density at radius 1 is 1.08 bits per heavy atom. The van der Waals surface area contributed by atoms with Crippen LogP contribution in [-0.2, 0) is 0 Å². The molecule has 0 aliphatic carbocycles. The Bertz CT molecular complexity index is 783. The Hall–Kier alpha value is -2.54. The van der Waals surface area contributed by atoms with Gasteiger partial charge in [-0.05, 0) is 58.2 Å². The van der Waals surface area contributed by atoms with E-state index in [1.54, 1.807) is 0 Å². The summed E-state index contributed by atoms with van der Waals surface area (Å²) >= 11 is 0. The number of aromatic nitrogens is 1. The standard InChI is InChI=1S/C21H27N3O/c1-7-9-24(8-2)19-12-17(6)23-21(18(19)13-22)25-20-15(4)10-14(3)11-16(20)5/h10-12H,7-9H2,1-6H3. The molecule has 0 aliphatic heterocycles. The number of nitriles is 1. The first-order valence-corrected chi connectivity index (χ1v) is 8.83. The molecule has 4 nitrogen and oxygen atoms in total. The highest BCUT2D eigenvalue weighted by Gasteiger charge is 2.19. The van der Waals surface area contributed by atoms with Crippen molar-refractivity contribution in [2.75, 3.05) is 18.0 Å². The van der Waals surface area contributed by atoms with Crippen molar-refractivity contribution in [3.8, 4) is 17.7 Å². The average Bonchev–Trinajstić information content (AvgIpc) is 2.55. The van der Waals surface area contributed by atoms with E-state index in [1.165, 1.54) is 5.56 Å². The molecule has 0 fully saturated rings. The fraction of sp³-hybridized carbons (Fsp3) is 0.429. The third-order valence-corrected chi connectivity index (χ3v) is 4.22. The van der Waals surface area contributed by atoms with Gasteiger partial charge in [0.25, 0.3) is 0 Å². The number of hydrogen-bond donors (Lipinski definition) is 0. The third kappa shape index (κ3) is 4.11. The molecule has 0 spiro atoms. The summed E-state index contributed by atoms with van der Waals surface area (Å²) in [7, 11) is 0. The predicted octanol–water partition coefficient (Wildman–Crippen LogP) is 5.22. The van der Waals surface area contributed by atoms with Crippen LogP contribution < -0.4 is 9.64 Å². The summed E-state index contributed by atoms with van der Waals surface area (Å²) in [6.07, 6.45) is 1.02. The molecule has 132 valence electrons. The highest BCUT2D eigenvalue weighted by atomic mass is 16.5. The van der Waals surface area contributed by atoms with E-state index in [1.807, 2.05) is 26.8 Å². The van der Waals surface area contributed by atoms with Crippen LogP contribution in [0.3, 0.4) is 0 Å². The van der Waals surface area contributed by atoms with Gasteiger partial charge in [-0.2, -0.15) is 5.26 Å². The monoisotopic (exact) mass is 337 g/mol. The summed E-state index contributed by atoms with van der Waals surface area (Å²) in [5, 5.41) is 9.77.